The first-order valence-corrected chi connectivity index (χ1v) is 8.64. The molecule has 2 rings (SSSR count). The zero-order chi connectivity index (χ0) is 19.5. The lowest BCUT2D eigenvalue weighted by Crippen LogP contribution is -2.35. The molecule has 0 aliphatic heterocycles. The Hall–Kier alpha value is -2.46. The molecular weight excluding hydrogens is 376 g/mol. The molecule has 0 heterocycles. The number of amides is 1. The molecule has 0 aliphatic rings. The number of halogens is 4. The van der Waals surface area contributed by atoms with E-state index in [1.165, 1.54) is 12.1 Å². The van der Waals surface area contributed by atoms with E-state index < -0.39 is 45.7 Å². The van der Waals surface area contributed by atoms with Crippen LogP contribution in [0.25, 0.3) is 0 Å². The average molecular weight is 390 g/mol. The maximum absolute atomic E-state index is 12.9. The first-order chi connectivity index (χ1) is 12.0. The third-order valence-electron chi connectivity index (χ3n) is 3.39. The van der Waals surface area contributed by atoms with Gasteiger partial charge >= 0.3 is 6.18 Å². The van der Waals surface area contributed by atoms with Crippen molar-refractivity contribution in [2.75, 3.05) is 18.9 Å². The van der Waals surface area contributed by atoms with E-state index in [-0.39, 0.29) is 4.90 Å². The van der Waals surface area contributed by atoms with Crippen LogP contribution < -0.4 is 5.32 Å². The van der Waals surface area contributed by atoms with Gasteiger partial charge in [-0.05, 0) is 36.4 Å². The molecule has 5 nitrogen and oxygen atoms in total. The molecule has 0 aliphatic carbocycles. The summed E-state index contributed by atoms with van der Waals surface area (Å²) in [6, 6.07) is 8.29. The predicted molar refractivity (Wildman–Crippen MR) is 86.3 cm³/mol. The summed E-state index contributed by atoms with van der Waals surface area (Å²) in [5.41, 5.74) is -1.52. The van der Waals surface area contributed by atoms with Crippen molar-refractivity contribution >= 4 is 21.6 Å². The first-order valence-electron chi connectivity index (χ1n) is 7.20. The summed E-state index contributed by atoms with van der Waals surface area (Å²) in [7, 11) is -3.01. The number of anilines is 1. The number of sulfonamides is 1. The van der Waals surface area contributed by atoms with Gasteiger partial charge in [0.2, 0.25) is 15.9 Å². The molecule has 0 atom stereocenters. The van der Waals surface area contributed by atoms with Crippen LogP contribution in [0.5, 0.6) is 0 Å². The van der Waals surface area contributed by atoms with Crippen molar-refractivity contribution in [3.8, 4) is 0 Å². The molecule has 140 valence electrons. The number of likely N-dealkylation sites (N-methyl/N-ethyl adjacent to an activating group) is 1. The molecule has 1 N–H and O–H groups in total. The van der Waals surface area contributed by atoms with Crippen LogP contribution in [0.4, 0.5) is 23.2 Å². The van der Waals surface area contributed by atoms with Gasteiger partial charge in [0.15, 0.2) is 0 Å². The fourth-order valence-electron chi connectivity index (χ4n) is 2.10. The number of carbonyl (C=O) groups excluding carboxylic acids is 1. The maximum Gasteiger partial charge on any atom is 0.418 e. The molecule has 2 aromatic carbocycles. The summed E-state index contributed by atoms with van der Waals surface area (Å²) in [4.78, 5) is 11.7. The van der Waals surface area contributed by atoms with E-state index in [1.807, 2.05) is 0 Å². The first kappa shape index (κ1) is 19.9. The largest absolute Gasteiger partial charge is 0.418 e. The Morgan fingerprint density at radius 2 is 1.65 bits per heavy atom. The Kier molecular flexibility index (Phi) is 5.67. The highest BCUT2D eigenvalue weighted by Gasteiger charge is 2.33. The van der Waals surface area contributed by atoms with Crippen LogP contribution in [0.3, 0.4) is 0 Å². The third kappa shape index (κ3) is 4.58. The zero-order valence-electron chi connectivity index (χ0n) is 13.4. The molecule has 0 bridgehead atoms. The van der Waals surface area contributed by atoms with Crippen molar-refractivity contribution in [3.05, 3.63) is 59.9 Å². The maximum atomic E-state index is 12.9. The van der Waals surface area contributed by atoms with Crippen molar-refractivity contribution in [2.45, 2.75) is 11.1 Å². The Labute approximate surface area is 147 Å². The summed E-state index contributed by atoms with van der Waals surface area (Å²) < 4.78 is 76.9. The summed E-state index contributed by atoms with van der Waals surface area (Å²) in [6.45, 7) is -0.716. The van der Waals surface area contributed by atoms with Crippen molar-refractivity contribution in [1.29, 1.82) is 0 Å². The Bertz CT molecular complexity index is 896. The highest BCUT2D eigenvalue weighted by atomic mass is 32.2. The minimum atomic E-state index is -4.67. The molecule has 26 heavy (non-hydrogen) atoms. The molecule has 0 unspecified atom stereocenters. The number of para-hydroxylation sites is 1. The van der Waals surface area contributed by atoms with E-state index in [0.29, 0.717) is 4.31 Å². The van der Waals surface area contributed by atoms with E-state index in [2.05, 4.69) is 5.32 Å². The normalized spacial score (nSPS) is 12.2. The summed E-state index contributed by atoms with van der Waals surface area (Å²) >= 11 is 0. The topological polar surface area (TPSA) is 66.5 Å². The summed E-state index contributed by atoms with van der Waals surface area (Å²) in [6.07, 6.45) is -4.67. The fraction of sp³-hybridized carbons (Fsp3) is 0.188. The molecule has 0 radical (unpaired) electrons. The van der Waals surface area contributed by atoms with Crippen LogP contribution >= 0.6 is 0 Å². The van der Waals surface area contributed by atoms with Crippen LogP contribution in [0.1, 0.15) is 5.56 Å². The van der Waals surface area contributed by atoms with Crippen molar-refractivity contribution in [3.63, 3.8) is 0 Å². The minimum Gasteiger partial charge on any atom is -0.324 e. The van der Waals surface area contributed by atoms with Gasteiger partial charge in [0.1, 0.15) is 5.82 Å². The Morgan fingerprint density at radius 1 is 1.08 bits per heavy atom. The van der Waals surface area contributed by atoms with Crippen LogP contribution in [-0.4, -0.2) is 32.2 Å². The van der Waals surface area contributed by atoms with E-state index >= 15 is 0 Å². The third-order valence-corrected chi connectivity index (χ3v) is 5.21. The van der Waals surface area contributed by atoms with E-state index in [0.717, 1.165) is 43.4 Å². The second-order valence-electron chi connectivity index (χ2n) is 5.31. The lowest BCUT2D eigenvalue weighted by Gasteiger charge is -2.18. The monoisotopic (exact) mass is 390 g/mol. The summed E-state index contributed by atoms with van der Waals surface area (Å²) in [5.74, 6) is -1.58. The van der Waals surface area contributed by atoms with Gasteiger partial charge in [0, 0.05) is 7.05 Å². The number of rotatable bonds is 5. The van der Waals surface area contributed by atoms with Gasteiger partial charge in [-0.2, -0.15) is 17.5 Å². The molecule has 1 amide bonds. The standard InChI is InChI=1S/C16H14F4N2O3S/c1-22(26(24,25)12-8-6-11(17)7-9-12)10-15(23)21-14-5-3-2-4-13(14)16(18,19)20/h2-9H,10H2,1H3,(H,21,23). The molecule has 0 fully saturated rings. The van der Waals surface area contributed by atoms with E-state index in [4.69, 9.17) is 0 Å². The lowest BCUT2D eigenvalue weighted by atomic mass is 10.1. The van der Waals surface area contributed by atoms with E-state index in [9.17, 15) is 30.8 Å². The lowest BCUT2D eigenvalue weighted by molar-refractivity contribution is -0.137. The number of nitrogens with one attached hydrogen (secondary N) is 1. The Balaban J connectivity index is 2.14. The number of nitrogens with zero attached hydrogens (tertiary/aromatic N) is 1. The number of carbonyl (C=O) groups is 1. The van der Waals surface area contributed by atoms with Gasteiger partial charge < -0.3 is 5.32 Å². The van der Waals surface area contributed by atoms with Gasteiger partial charge in [0.05, 0.1) is 22.7 Å². The highest BCUT2D eigenvalue weighted by molar-refractivity contribution is 7.89. The van der Waals surface area contributed by atoms with Crippen LogP contribution in [-0.2, 0) is 21.0 Å². The molecule has 0 spiro atoms. The van der Waals surface area contributed by atoms with Gasteiger partial charge in [-0.15, -0.1) is 0 Å². The minimum absolute atomic E-state index is 0.245. The fourth-order valence-corrected chi connectivity index (χ4v) is 3.23. The second-order valence-corrected chi connectivity index (χ2v) is 7.35. The molecular formula is C16H14F4N2O3S. The average Bonchev–Trinajstić information content (AvgIpc) is 2.54. The SMILES string of the molecule is CN(CC(=O)Nc1ccccc1C(F)(F)F)S(=O)(=O)c1ccc(F)cc1. The number of hydrogen-bond acceptors (Lipinski definition) is 3. The van der Waals surface area contributed by atoms with Crippen molar-refractivity contribution in [1.82, 2.24) is 4.31 Å². The predicted octanol–water partition coefficient (Wildman–Crippen LogP) is 3.10. The van der Waals surface area contributed by atoms with Gasteiger partial charge in [-0.1, -0.05) is 12.1 Å². The molecule has 10 heteroatoms. The molecule has 2 aromatic rings. The molecule has 0 aromatic heterocycles. The van der Waals surface area contributed by atoms with E-state index in [1.54, 1.807) is 0 Å². The highest BCUT2D eigenvalue weighted by Crippen LogP contribution is 2.34. The second kappa shape index (κ2) is 7.42. The van der Waals surface area contributed by atoms with Crippen LogP contribution in [0.15, 0.2) is 53.4 Å². The molecule has 0 saturated carbocycles. The smallest absolute Gasteiger partial charge is 0.324 e. The van der Waals surface area contributed by atoms with Gasteiger partial charge in [-0.3, -0.25) is 4.79 Å². The number of hydrogen-bond donors (Lipinski definition) is 1. The van der Waals surface area contributed by atoms with Crippen LogP contribution in [0, 0.1) is 5.82 Å². The quantitative estimate of drug-likeness (QED) is 0.798. The van der Waals surface area contributed by atoms with Crippen molar-refractivity contribution in [2.24, 2.45) is 0 Å². The van der Waals surface area contributed by atoms with Crippen molar-refractivity contribution < 1.29 is 30.8 Å². The Morgan fingerprint density at radius 3 is 2.23 bits per heavy atom. The number of benzene rings is 2. The zero-order valence-corrected chi connectivity index (χ0v) is 14.2. The number of alkyl halides is 3. The van der Waals surface area contributed by atoms with Crippen LogP contribution in [0.2, 0.25) is 0 Å². The van der Waals surface area contributed by atoms with Gasteiger partial charge in [0.25, 0.3) is 0 Å². The van der Waals surface area contributed by atoms with Gasteiger partial charge in [-0.25, -0.2) is 12.8 Å². The summed E-state index contributed by atoms with van der Waals surface area (Å²) in [5, 5.41) is 2.06. The molecule has 0 saturated heterocycles.